The summed E-state index contributed by atoms with van der Waals surface area (Å²) in [6.07, 6.45) is -1.45. The number of ketones is 1. The van der Waals surface area contributed by atoms with Crippen molar-refractivity contribution in [1.29, 1.82) is 0 Å². The van der Waals surface area contributed by atoms with Gasteiger partial charge in [0.1, 0.15) is 0 Å². The molecule has 0 aromatic heterocycles. The molecule has 0 aliphatic rings. The molecule has 0 aliphatic heterocycles. The summed E-state index contributed by atoms with van der Waals surface area (Å²) in [5.41, 5.74) is 1.23. The van der Waals surface area contributed by atoms with Crippen molar-refractivity contribution >= 4 is 19.3 Å². The maximum Gasteiger partial charge on any atom is 0.472 e. The fourth-order valence-electron chi connectivity index (χ4n) is 2.08. The molecule has 0 spiro atoms. The maximum atomic E-state index is 12.7. The molecule has 132 valence electrons. The molecule has 0 radical (unpaired) electrons. The lowest BCUT2D eigenvalue weighted by atomic mass is 9.99. The summed E-state index contributed by atoms with van der Waals surface area (Å²) in [4.78, 5) is 32.5. The van der Waals surface area contributed by atoms with Crippen LogP contribution in [0, 0.1) is 17.0 Å². The van der Waals surface area contributed by atoms with Crippen molar-refractivity contribution in [1.82, 2.24) is 0 Å². The van der Waals surface area contributed by atoms with E-state index in [9.17, 15) is 24.4 Å². The molecule has 2 unspecified atom stereocenters. The molecule has 9 heteroatoms. The van der Waals surface area contributed by atoms with Gasteiger partial charge in [0.05, 0.1) is 4.92 Å². The van der Waals surface area contributed by atoms with Crippen LogP contribution in [0.5, 0.6) is 0 Å². The number of nitro groups is 1. The first-order valence-electron chi connectivity index (χ1n) is 7.15. The number of phosphoric acid groups is 1. The van der Waals surface area contributed by atoms with Crippen molar-refractivity contribution in [2.75, 3.05) is 7.11 Å². The third-order valence-corrected chi connectivity index (χ3v) is 4.39. The van der Waals surface area contributed by atoms with Gasteiger partial charge < -0.3 is 4.89 Å². The fourth-order valence-corrected chi connectivity index (χ4v) is 2.65. The second-order valence-corrected chi connectivity index (χ2v) is 6.73. The van der Waals surface area contributed by atoms with E-state index in [4.69, 9.17) is 4.52 Å². The Labute approximate surface area is 143 Å². The molecular formula is C16H16NO7P. The molecule has 0 saturated heterocycles. The van der Waals surface area contributed by atoms with Gasteiger partial charge in [-0.3, -0.25) is 24.0 Å². The van der Waals surface area contributed by atoms with E-state index in [2.05, 4.69) is 4.52 Å². The third-order valence-electron chi connectivity index (χ3n) is 3.45. The predicted octanol–water partition coefficient (Wildman–Crippen LogP) is 3.59. The fraction of sp³-hybridized carbons (Fsp3) is 0.188. The van der Waals surface area contributed by atoms with Crippen molar-refractivity contribution in [3.63, 3.8) is 0 Å². The minimum Gasteiger partial charge on any atom is -0.302 e. The number of non-ortho nitro benzene ring substituents is 1. The molecule has 2 aromatic carbocycles. The Kier molecular flexibility index (Phi) is 5.81. The number of Topliss-reactive ketones (excluding diaryl/α,β-unsaturated/α-hetero) is 1. The third kappa shape index (κ3) is 4.80. The molecule has 0 bridgehead atoms. The van der Waals surface area contributed by atoms with Gasteiger partial charge >= 0.3 is 7.82 Å². The summed E-state index contributed by atoms with van der Waals surface area (Å²) in [7, 11) is -3.49. The van der Waals surface area contributed by atoms with Crippen LogP contribution in [0.4, 0.5) is 5.69 Å². The Morgan fingerprint density at radius 1 is 1.16 bits per heavy atom. The average molecular weight is 365 g/mol. The zero-order valence-corrected chi connectivity index (χ0v) is 14.4. The maximum absolute atomic E-state index is 12.7. The van der Waals surface area contributed by atoms with Crippen LogP contribution in [0.2, 0.25) is 0 Å². The van der Waals surface area contributed by atoms with E-state index in [0.29, 0.717) is 0 Å². The molecule has 0 aliphatic carbocycles. The number of carbonyl (C=O) groups is 1. The number of phosphoric ester groups is 1. The summed E-state index contributed by atoms with van der Waals surface area (Å²) in [5, 5.41) is 10.7. The van der Waals surface area contributed by atoms with Gasteiger partial charge in [-0.05, 0) is 24.6 Å². The van der Waals surface area contributed by atoms with E-state index < -0.39 is 24.6 Å². The van der Waals surface area contributed by atoms with Crippen molar-refractivity contribution < 1.29 is 28.2 Å². The van der Waals surface area contributed by atoms with Gasteiger partial charge in [-0.15, -0.1) is 0 Å². The van der Waals surface area contributed by atoms with E-state index in [0.717, 1.165) is 12.7 Å². The normalized spacial score (nSPS) is 14.5. The monoisotopic (exact) mass is 365 g/mol. The number of hydrogen-bond acceptors (Lipinski definition) is 6. The first-order valence-corrected chi connectivity index (χ1v) is 8.65. The Morgan fingerprint density at radius 2 is 1.72 bits per heavy atom. The quantitative estimate of drug-likeness (QED) is 0.345. The van der Waals surface area contributed by atoms with E-state index in [1.807, 2.05) is 6.92 Å². The Bertz CT molecular complexity index is 817. The molecule has 25 heavy (non-hydrogen) atoms. The highest BCUT2D eigenvalue weighted by atomic mass is 31.2. The number of hydrogen-bond donors (Lipinski definition) is 1. The lowest BCUT2D eigenvalue weighted by molar-refractivity contribution is -0.384. The van der Waals surface area contributed by atoms with Gasteiger partial charge in [0.25, 0.3) is 5.69 Å². The van der Waals surface area contributed by atoms with Crippen LogP contribution < -0.4 is 0 Å². The Hall–Kier alpha value is -2.38. The molecule has 0 fully saturated rings. The van der Waals surface area contributed by atoms with E-state index in [1.54, 1.807) is 24.3 Å². The summed E-state index contributed by atoms with van der Waals surface area (Å²) in [5.74, 6) is -0.569. The van der Waals surface area contributed by atoms with Gasteiger partial charge in [-0.1, -0.05) is 29.8 Å². The van der Waals surface area contributed by atoms with Crippen LogP contribution in [0.15, 0.2) is 48.5 Å². The van der Waals surface area contributed by atoms with Crippen LogP contribution >= 0.6 is 7.82 Å². The zero-order chi connectivity index (χ0) is 18.6. The number of benzene rings is 2. The van der Waals surface area contributed by atoms with Crippen LogP contribution in [-0.2, 0) is 13.6 Å². The van der Waals surface area contributed by atoms with Crippen LogP contribution in [0.25, 0.3) is 0 Å². The number of rotatable bonds is 7. The summed E-state index contributed by atoms with van der Waals surface area (Å²) < 4.78 is 21.2. The molecule has 0 saturated carbocycles. The lowest BCUT2D eigenvalue weighted by Gasteiger charge is -2.19. The molecular weight excluding hydrogens is 349 g/mol. The predicted molar refractivity (Wildman–Crippen MR) is 89.3 cm³/mol. The zero-order valence-electron chi connectivity index (χ0n) is 13.5. The number of nitrogens with zero attached hydrogens (tertiary/aromatic N) is 1. The molecule has 2 atom stereocenters. The minimum absolute atomic E-state index is 0.177. The summed E-state index contributed by atoms with van der Waals surface area (Å²) in [6.45, 7) is 1.85. The molecule has 8 nitrogen and oxygen atoms in total. The van der Waals surface area contributed by atoms with Crippen LogP contribution in [0.1, 0.15) is 27.6 Å². The van der Waals surface area contributed by atoms with Gasteiger partial charge in [-0.25, -0.2) is 4.57 Å². The standard InChI is InChI=1S/C16H16NO7P/c1-11-3-5-12(6-4-11)15(18)16(24-25(21,22)23-2)13-7-9-14(10-8-13)17(19)20/h3-10,16H,1-2H3,(H,21,22). The largest absolute Gasteiger partial charge is 0.472 e. The molecule has 2 rings (SSSR count). The summed E-state index contributed by atoms with van der Waals surface area (Å²) >= 11 is 0. The van der Waals surface area contributed by atoms with E-state index in [-0.39, 0.29) is 16.8 Å². The Morgan fingerprint density at radius 3 is 2.20 bits per heavy atom. The van der Waals surface area contributed by atoms with E-state index in [1.165, 1.54) is 24.3 Å². The van der Waals surface area contributed by atoms with Gasteiger partial charge in [0.15, 0.2) is 11.9 Å². The first kappa shape index (κ1) is 19.0. The Balaban J connectivity index is 2.41. The first-order chi connectivity index (χ1) is 11.7. The van der Waals surface area contributed by atoms with Crippen molar-refractivity contribution in [2.45, 2.75) is 13.0 Å². The minimum atomic E-state index is -4.46. The number of carbonyl (C=O) groups excluding carboxylic acids is 1. The van der Waals surface area contributed by atoms with Crippen LogP contribution in [-0.4, -0.2) is 22.7 Å². The molecule has 0 amide bonds. The van der Waals surface area contributed by atoms with Gasteiger partial charge in [0.2, 0.25) is 0 Å². The van der Waals surface area contributed by atoms with Gasteiger partial charge in [0, 0.05) is 24.8 Å². The SMILES string of the molecule is COP(=O)(O)OC(C(=O)c1ccc(C)cc1)c1ccc([N+](=O)[O-])cc1. The number of nitro benzene ring substituents is 1. The molecule has 0 heterocycles. The second-order valence-electron chi connectivity index (χ2n) is 5.22. The van der Waals surface area contributed by atoms with Crippen molar-refractivity contribution in [3.05, 3.63) is 75.3 Å². The summed E-state index contributed by atoms with van der Waals surface area (Å²) in [6, 6.07) is 11.5. The van der Waals surface area contributed by atoms with Gasteiger partial charge in [-0.2, -0.15) is 0 Å². The topological polar surface area (TPSA) is 116 Å². The highest BCUT2D eigenvalue weighted by molar-refractivity contribution is 7.47. The molecule has 1 N–H and O–H groups in total. The lowest BCUT2D eigenvalue weighted by Crippen LogP contribution is -2.16. The highest BCUT2D eigenvalue weighted by Crippen LogP contribution is 2.47. The van der Waals surface area contributed by atoms with Crippen molar-refractivity contribution in [3.8, 4) is 0 Å². The molecule has 2 aromatic rings. The smallest absolute Gasteiger partial charge is 0.302 e. The average Bonchev–Trinajstić information content (AvgIpc) is 2.60. The van der Waals surface area contributed by atoms with Crippen LogP contribution in [0.3, 0.4) is 0 Å². The van der Waals surface area contributed by atoms with E-state index >= 15 is 0 Å². The highest BCUT2D eigenvalue weighted by Gasteiger charge is 2.32. The number of aryl methyl sites for hydroxylation is 1. The second kappa shape index (κ2) is 7.67. The van der Waals surface area contributed by atoms with Crippen molar-refractivity contribution in [2.24, 2.45) is 0 Å².